The van der Waals surface area contributed by atoms with Crippen LogP contribution in [0.5, 0.6) is 0 Å². The summed E-state index contributed by atoms with van der Waals surface area (Å²) in [6.45, 7) is 4.23. The minimum absolute atomic E-state index is 0.101. The molecule has 1 aliphatic heterocycles. The Bertz CT molecular complexity index is 260. The molecule has 5 heteroatoms. The van der Waals surface area contributed by atoms with E-state index in [-0.39, 0.29) is 17.2 Å². The molecule has 92 valence electrons. The predicted molar refractivity (Wildman–Crippen MR) is 61.6 cm³/mol. The molecule has 1 heterocycles. The Kier molecular flexibility index (Phi) is 4.73. The van der Waals surface area contributed by atoms with Crippen LogP contribution in [0.2, 0.25) is 0 Å². The lowest BCUT2D eigenvalue weighted by Gasteiger charge is -2.25. The Morgan fingerprint density at radius 1 is 1.50 bits per heavy atom. The Morgan fingerprint density at radius 2 is 2.25 bits per heavy atom. The third kappa shape index (κ3) is 3.20. The van der Waals surface area contributed by atoms with Crippen molar-refractivity contribution in [2.24, 2.45) is 11.1 Å². The summed E-state index contributed by atoms with van der Waals surface area (Å²) in [6.07, 6.45) is 2.69. The molecular formula is C11H21N3O2. The lowest BCUT2D eigenvalue weighted by atomic mass is 9.83. The highest BCUT2D eigenvalue weighted by Gasteiger charge is 2.38. The summed E-state index contributed by atoms with van der Waals surface area (Å²) in [7, 11) is 0. The van der Waals surface area contributed by atoms with Crippen LogP contribution in [0, 0.1) is 5.41 Å². The molecule has 0 bridgehead atoms. The molecule has 0 saturated carbocycles. The lowest BCUT2D eigenvalue weighted by molar-refractivity contribution is -0.130. The van der Waals surface area contributed by atoms with Crippen molar-refractivity contribution in [2.75, 3.05) is 19.6 Å². The van der Waals surface area contributed by atoms with Crippen LogP contribution < -0.4 is 16.4 Å². The van der Waals surface area contributed by atoms with Gasteiger partial charge in [0.05, 0.1) is 5.41 Å². The van der Waals surface area contributed by atoms with Crippen LogP contribution in [0.15, 0.2) is 0 Å². The largest absolute Gasteiger partial charge is 0.370 e. The second-order valence-corrected chi connectivity index (χ2v) is 4.39. The molecule has 1 atom stereocenters. The van der Waals surface area contributed by atoms with Gasteiger partial charge in [0, 0.05) is 19.5 Å². The summed E-state index contributed by atoms with van der Waals surface area (Å²) >= 11 is 0. The SMILES string of the molecule is CCC1(C(=O)NCCCC(N)=O)CCNC1. The van der Waals surface area contributed by atoms with Gasteiger partial charge in [-0.15, -0.1) is 0 Å². The Morgan fingerprint density at radius 3 is 2.75 bits per heavy atom. The molecule has 2 amide bonds. The normalized spacial score (nSPS) is 24.3. The first-order chi connectivity index (χ1) is 7.60. The van der Waals surface area contributed by atoms with Crippen LogP contribution in [0.25, 0.3) is 0 Å². The van der Waals surface area contributed by atoms with Crippen molar-refractivity contribution in [3.63, 3.8) is 0 Å². The fourth-order valence-electron chi connectivity index (χ4n) is 2.05. The van der Waals surface area contributed by atoms with Gasteiger partial charge in [-0.25, -0.2) is 0 Å². The smallest absolute Gasteiger partial charge is 0.227 e. The molecule has 1 unspecified atom stereocenters. The maximum Gasteiger partial charge on any atom is 0.227 e. The summed E-state index contributed by atoms with van der Waals surface area (Å²) in [6, 6.07) is 0. The lowest BCUT2D eigenvalue weighted by Crippen LogP contribution is -2.42. The van der Waals surface area contributed by atoms with Crippen molar-refractivity contribution < 1.29 is 9.59 Å². The van der Waals surface area contributed by atoms with E-state index in [9.17, 15) is 9.59 Å². The quantitative estimate of drug-likeness (QED) is 0.547. The third-order valence-electron chi connectivity index (χ3n) is 3.29. The summed E-state index contributed by atoms with van der Waals surface area (Å²) in [5.41, 5.74) is 4.78. The standard InChI is InChI=1S/C11H21N3O2/c1-2-11(5-7-13-8-11)10(16)14-6-3-4-9(12)15/h13H,2-8H2,1H3,(H2,12,15)(H,14,16). The number of nitrogens with one attached hydrogen (secondary N) is 2. The van der Waals surface area contributed by atoms with Crippen molar-refractivity contribution in [1.82, 2.24) is 10.6 Å². The van der Waals surface area contributed by atoms with Gasteiger partial charge in [0.15, 0.2) is 0 Å². The van der Waals surface area contributed by atoms with E-state index in [4.69, 9.17) is 5.73 Å². The number of rotatable bonds is 6. The van der Waals surface area contributed by atoms with Crippen LogP contribution in [0.1, 0.15) is 32.6 Å². The minimum Gasteiger partial charge on any atom is -0.370 e. The van der Waals surface area contributed by atoms with Crippen molar-refractivity contribution >= 4 is 11.8 Å². The van der Waals surface area contributed by atoms with Crippen LogP contribution in [-0.2, 0) is 9.59 Å². The number of carbonyl (C=O) groups is 2. The minimum atomic E-state index is -0.318. The summed E-state index contributed by atoms with van der Waals surface area (Å²) in [5, 5.41) is 6.10. The van der Waals surface area contributed by atoms with E-state index in [2.05, 4.69) is 10.6 Å². The first-order valence-corrected chi connectivity index (χ1v) is 5.88. The average molecular weight is 227 g/mol. The van der Waals surface area contributed by atoms with Gasteiger partial charge in [0.2, 0.25) is 11.8 Å². The Labute approximate surface area is 96.1 Å². The van der Waals surface area contributed by atoms with Crippen LogP contribution >= 0.6 is 0 Å². The van der Waals surface area contributed by atoms with Gasteiger partial charge in [-0.05, 0) is 25.8 Å². The van der Waals surface area contributed by atoms with Crippen molar-refractivity contribution in [3.8, 4) is 0 Å². The maximum atomic E-state index is 12.0. The van der Waals surface area contributed by atoms with Gasteiger partial charge in [-0.3, -0.25) is 9.59 Å². The van der Waals surface area contributed by atoms with E-state index >= 15 is 0 Å². The van der Waals surface area contributed by atoms with E-state index in [0.717, 1.165) is 25.9 Å². The number of nitrogens with two attached hydrogens (primary N) is 1. The van der Waals surface area contributed by atoms with Crippen LogP contribution in [0.4, 0.5) is 0 Å². The van der Waals surface area contributed by atoms with E-state index in [0.29, 0.717) is 19.4 Å². The fraction of sp³-hybridized carbons (Fsp3) is 0.818. The third-order valence-corrected chi connectivity index (χ3v) is 3.29. The van der Waals surface area contributed by atoms with Crippen LogP contribution in [-0.4, -0.2) is 31.4 Å². The first kappa shape index (κ1) is 13.0. The summed E-state index contributed by atoms with van der Waals surface area (Å²) < 4.78 is 0. The maximum absolute atomic E-state index is 12.0. The van der Waals surface area contributed by atoms with Gasteiger partial charge >= 0.3 is 0 Å². The molecule has 0 aromatic rings. The average Bonchev–Trinajstić information content (AvgIpc) is 2.73. The zero-order valence-corrected chi connectivity index (χ0v) is 9.84. The fourth-order valence-corrected chi connectivity index (χ4v) is 2.05. The van der Waals surface area contributed by atoms with E-state index in [1.54, 1.807) is 0 Å². The Hall–Kier alpha value is -1.10. The Balaban J connectivity index is 2.30. The van der Waals surface area contributed by atoms with Crippen LogP contribution in [0.3, 0.4) is 0 Å². The molecule has 0 aromatic heterocycles. The van der Waals surface area contributed by atoms with Gasteiger partial charge in [0.1, 0.15) is 0 Å². The molecule has 0 spiro atoms. The van der Waals surface area contributed by atoms with E-state index < -0.39 is 0 Å². The zero-order valence-electron chi connectivity index (χ0n) is 9.84. The zero-order chi connectivity index (χ0) is 12.0. The molecule has 5 nitrogen and oxygen atoms in total. The van der Waals surface area contributed by atoms with Crippen molar-refractivity contribution in [3.05, 3.63) is 0 Å². The van der Waals surface area contributed by atoms with Gasteiger partial charge in [-0.2, -0.15) is 0 Å². The van der Waals surface area contributed by atoms with Crippen molar-refractivity contribution in [2.45, 2.75) is 32.6 Å². The number of amides is 2. The van der Waals surface area contributed by atoms with E-state index in [1.165, 1.54) is 0 Å². The first-order valence-electron chi connectivity index (χ1n) is 5.88. The van der Waals surface area contributed by atoms with Gasteiger partial charge in [-0.1, -0.05) is 6.92 Å². The molecule has 0 aliphatic carbocycles. The molecule has 0 radical (unpaired) electrons. The van der Waals surface area contributed by atoms with Crippen molar-refractivity contribution in [1.29, 1.82) is 0 Å². The molecular weight excluding hydrogens is 206 g/mol. The number of hydrogen-bond acceptors (Lipinski definition) is 3. The second-order valence-electron chi connectivity index (χ2n) is 4.39. The summed E-state index contributed by atoms with van der Waals surface area (Å²) in [4.78, 5) is 22.5. The molecule has 1 saturated heterocycles. The molecule has 1 fully saturated rings. The molecule has 0 aromatic carbocycles. The number of hydrogen-bond donors (Lipinski definition) is 3. The highest BCUT2D eigenvalue weighted by atomic mass is 16.2. The van der Waals surface area contributed by atoms with Gasteiger partial charge < -0.3 is 16.4 Å². The number of primary amides is 1. The highest BCUT2D eigenvalue weighted by Crippen LogP contribution is 2.29. The molecule has 1 aliphatic rings. The monoisotopic (exact) mass is 227 g/mol. The van der Waals surface area contributed by atoms with E-state index in [1.807, 2.05) is 6.92 Å². The molecule has 16 heavy (non-hydrogen) atoms. The summed E-state index contributed by atoms with van der Waals surface area (Å²) in [5.74, 6) is -0.216. The highest BCUT2D eigenvalue weighted by molar-refractivity contribution is 5.83. The van der Waals surface area contributed by atoms with Gasteiger partial charge in [0.25, 0.3) is 0 Å². The second kappa shape index (κ2) is 5.84. The number of carbonyl (C=O) groups excluding carboxylic acids is 2. The molecule has 4 N–H and O–H groups in total. The predicted octanol–water partition coefficient (Wildman–Crippen LogP) is -0.242. The topological polar surface area (TPSA) is 84.2 Å². The molecule has 1 rings (SSSR count).